The average Bonchev–Trinajstić information content (AvgIpc) is 1.13. The molecule has 1 saturated heterocycles. The minimum atomic E-state index is -7.21. The molecule has 0 amide bonds. The first-order valence-electron chi connectivity index (χ1n) is 21.1. The number of alkyl halides is 40. The van der Waals surface area contributed by atoms with Gasteiger partial charge in [-0.2, -0.15) is 158 Å². The predicted molar refractivity (Wildman–Crippen MR) is 214 cm³/mol. The Hall–Kier alpha value is -1.84. The molecule has 0 spiro atoms. The van der Waals surface area contributed by atoms with Crippen LogP contribution in [0.4, 0.5) is 176 Å². The van der Waals surface area contributed by atoms with Gasteiger partial charge >= 0.3 is 93.8 Å². The van der Waals surface area contributed by atoms with Gasteiger partial charge in [-0.3, -0.25) is 18.9 Å². The van der Waals surface area contributed by atoms with Crippen LogP contribution >= 0.6 is 47.0 Å². The third kappa shape index (κ3) is 25.3. The summed E-state index contributed by atoms with van der Waals surface area (Å²) in [5, 5.41) is 14.2. The van der Waals surface area contributed by atoms with Crippen LogP contribution in [0.5, 0.6) is 0 Å². The first-order chi connectivity index (χ1) is 39.1. The summed E-state index contributed by atoms with van der Waals surface area (Å²) >= 11 is -5.52. The van der Waals surface area contributed by atoms with Gasteiger partial charge in [-0.05, 0) is 0 Å². The molecule has 89 heavy (non-hydrogen) atoms. The number of rotatable bonds is 36. The molecule has 11 nitrogen and oxygen atoms in total. The highest BCUT2D eigenvalue weighted by Crippen LogP contribution is 2.54. The highest BCUT2D eigenvalue weighted by Gasteiger charge is 2.79. The van der Waals surface area contributed by atoms with Gasteiger partial charge in [0, 0.05) is 23.0 Å². The van der Waals surface area contributed by atoms with Gasteiger partial charge in [0.05, 0.1) is 64.1 Å². The van der Waals surface area contributed by atoms with E-state index in [-0.39, 0.29) is 0 Å². The van der Waals surface area contributed by atoms with Gasteiger partial charge < -0.3 is 34.6 Å². The number of hydrogen-bond acceptors (Lipinski definition) is 15. The van der Waals surface area contributed by atoms with Crippen LogP contribution < -0.4 is 0 Å². The van der Waals surface area contributed by atoms with E-state index in [1.54, 1.807) is 0 Å². The van der Waals surface area contributed by atoms with Crippen molar-refractivity contribution in [3.8, 4) is 0 Å². The van der Waals surface area contributed by atoms with Crippen LogP contribution in [0.15, 0.2) is 0 Å². The largest absolute Gasteiger partial charge is 0.462 e. The second kappa shape index (κ2) is 32.3. The lowest BCUT2D eigenvalue weighted by Gasteiger charge is -2.32. The minimum Gasteiger partial charge on any atom is -0.394 e. The lowest BCUT2D eigenvalue weighted by atomic mass is 10.2. The summed E-state index contributed by atoms with van der Waals surface area (Å²) in [5.41, 5.74) is 0. The fourth-order valence-corrected chi connectivity index (χ4v) is 7.29. The molecule has 8 unspecified atom stereocenters. The van der Waals surface area contributed by atoms with Crippen LogP contribution in [-0.4, -0.2) is 227 Å². The number of halogens is 40. The highest BCUT2D eigenvalue weighted by molar-refractivity contribution is 8.01. The topological polar surface area (TPSA) is 149 Å². The molecule has 0 aromatic carbocycles. The Morgan fingerprint density at radius 2 is 0.483 bits per heavy atom. The second-order valence-electron chi connectivity index (χ2n) is 15.6. The first kappa shape index (κ1) is 89.2. The molecular formula is C34H32F40O11S4. The maximum absolute atomic E-state index is 14.1. The van der Waals surface area contributed by atoms with Crippen molar-refractivity contribution in [1.82, 2.24) is 0 Å². The fourth-order valence-electron chi connectivity index (χ4n) is 3.95. The summed E-state index contributed by atoms with van der Waals surface area (Å²) in [5.74, 6) is -35.9. The Bertz CT molecular complexity index is 1930. The number of epoxide rings is 1. The predicted octanol–water partition coefficient (Wildman–Crippen LogP) is 13.2. The van der Waals surface area contributed by atoms with Gasteiger partial charge in [-0.1, -0.05) is 47.0 Å². The van der Waals surface area contributed by atoms with Crippen LogP contribution in [0.1, 0.15) is 0 Å². The minimum absolute atomic E-state index is 1.00. The number of aliphatic hydroxyl groups excluding tert-OH is 4. The monoisotopic (exact) mass is 1500 g/mol. The van der Waals surface area contributed by atoms with Gasteiger partial charge in [-0.15, -0.1) is 0 Å². The van der Waals surface area contributed by atoms with Crippen LogP contribution in [0.2, 0.25) is 0 Å². The van der Waals surface area contributed by atoms with E-state index in [0.29, 0.717) is 0 Å². The standard InChI is InChI=1S/C18H18F20O6S2.C14H10F20O4S2.C2H4O/c19-9(43-17(35,36)13(25,26)15(29,30)31)11(21,22)45-5-7(41-3-1-39)8(42-4-2-40)6-46-12(23,24)10(20)44-18(37,38)14(27,28)16(32,33)34;15-5(37-13(31,32)9(21,22)11(25,26)27)7(17,18)39-1-3(35)4(36)2-40-8(19,20)6(16)38-14(33,34)10(23,24)12(28,29)30;1-2-3-1/h7-10,39-40H,1-6H2;3-6,35-36H,1-2H2;1-2H2. The quantitative estimate of drug-likeness (QED) is 0.0348. The van der Waals surface area contributed by atoms with E-state index in [1.807, 2.05) is 0 Å². The van der Waals surface area contributed by atoms with Crippen molar-refractivity contribution in [3.05, 3.63) is 0 Å². The Balaban J connectivity index is 0. The molecule has 1 aliphatic rings. The van der Waals surface area contributed by atoms with Crippen LogP contribution in [0.25, 0.3) is 0 Å². The maximum atomic E-state index is 14.1. The van der Waals surface area contributed by atoms with Gasteiger partial charge in [0.25, 0.3) is 25.4 Å². The third-order valence-electron chi connectivity index (χ3n) is 8.63. The number of ether oxygens (including phenoxy) is 7. The van der Waals surface area contributed by atoms with Crippen molar-refractivity contribution in [2.75, 3.05) is 62.7 Å². The molecule has 1 fully saturated rings. The third-order valence-corrected chi connectivity index (χ3v) is 12.9. The van der Waals surface area contributed by atoms with E-state index in [2.05, 4.69) is 23.7 Å². The summed E-state index contributed by atoms with van der Waals surface area (Å²) in [6, 6.07) is 0. The summed E-state index contributed by atoms with van der Waals surface area (Å²) in [7, 11) is 0. The molecule has 0 aromatic heterocycles. The number of hydrogen-bond donors (Lipinski definition) is 4. The fraction of sp³-hybridized carbons (Fsp3) is 1.00. The SMILES string of the molecule is C1CO1.OC(CSC(F)(F)C(F)OC(F)(F)C(F)(F)C(F)(F)F)C(O)CSC(F)(F)C(F)OC(F)(F)C(F)(F)C(F)(F)F.OCCOC(CSC(F)(F)C(F)OC(F)(F)C(F)(F)C(F)(F)F)C(CSC(F)(F)C(F)OC(F)(F)C(F)(F)C(F)(F)F)OCCO. The van der Waals surface area contributed by atoms with Crippen molar-refractivity contribution in [2.45, 2.75) is 144 Å². The van der Waals surface area contributed by atoms with Crippen LogP contribution in [-0.2, 0) is 33.2 Å². The zero-order valence-electron chi connectivity index (χ0n) is 41.1. The molecule has 8 atom stereocenters. The van der Waals surface area contributed by atoms with Crippen molar-refractivity contribution < 1.29 is 229 Å². The zero-order chi connectivity index (χ0) is 71.5. The Labute approximate surface area is 482 Å². The first-order valence-corrected chi connectivity index (χ1v) is 25.1. The summed E-state index contributed by atoms with van der Waals surface area (Å²) in [6.07, 6.45) is -86.5. The number of aliphatic hydroxyl groups is 4. The van der Waals surface area contributed by atoms with Crippen molar-refractivity contribution in [1.29, 1.82) is 0 Å². The molecule has 1 aliphatic heterocycles. The highest BCUT2D eigenvalue weighted by atomic mass is 32.2. The van der Waals surface area contributed by atoms with Gasteiger partial charge in [0.1, 0.15) is 0 Å². The van der Waals surface area contributed by atoms with Crippen molar-refractivity contribution >= 4 is 47.0 Å². The molecule has 1 rings (SSSR count). The normalized spacial score (nSPS) is 18.2. The van der Waals surface area contributed by atoms with Gasteiger partial charge in [-0.25, -0.2) is 17.6 Å². The Kier molecular flexibility index (Phi) is 32.3. The molecule has 1 heterocycles. The van der Waals surface area contributed by atoms with Gasteiger partial charge in [0.15, 0.2) is 0 Å². The number of thioether (sulfide) groups is 4. The van der Waals surface area contributed by atoms with Crippen molar-refractivity contribution in [3.63, 3.8) is 0 Å². The van der Waals surface area contributed by atoms with Crippen molar-refractivity contribution in [2.24, 2.45) is 0 Å². The Morgan fingerprint density at radius 1 is 0.315 bits per heavy atom. The van der Waals surface area contributed by atoms with Crippen LogP contribution in [0.3, 0.4) is 0 Å². The maximum Gasteiger partial charge on any atom is 0.462 e. The average molecular weight is 1500 g/mol. The van der Waals surface area contributed by atoms with E-state index in [0.717, 1.165) is 13.2 Å². The molecule has 0 bridgehead atoms. The molecule has 55 heteroatoms. The van der Waals surface area contributed by atoms with E-state index < -0.39 is 240 Å². The van der Waals surface area contributed by atoms with E-state index >= 15 is 0 Å². The van der Waals surface area contributed by atoms with E-state index in [4.69, 9.17) is 19.7 Å². The van der Waals surface area contributed by atoms with E-state index in [1.165, 1.54) is 0 Å². The lowest BCUT2D eigenvalue weighted by Crippen LogP contribution is -2.55. The molecule has 538 valence electrons. The zero-order valence-corrected chi connectivity index (χ0v) is 44.4. The van der Waals surface area contributed by atoms with E-state index in [9.17, 15) is 186 Å². The summed E-state index contributed by atoms with van der Waals surface area (Å²) in [6.45, 7) is -2.14. The van der Waals surface area contributed by atoms with Gasteiger partial charge in [0.2, 0.25) is 0 Å². The molecule has 0 saturated carbocycles. The smallest absolute Gasteiger partial charge is 0.394 e. The molecule has 0 aliphatic carbocycles. The molecule has 0 aromatic rings. The molecular weight excluding hydrogens is 1470 g/mol. The molecule has 0 radical (unpaired) electrons. The van der Waals surface area contributed by atoms with Crippen LogP contribution in [0, 0.1) is 0 Å². The summed E-state index contributed by atoms with van der Waals surface area (Å²) in [4.78, 5) is 0. The summed E-state index contributed by atoms with van der Waals surface area (Å²) < 4.78 is 537. The molecule has 4 N–H and O–H groups in total. The Morgan fingerprint density at radius 3 is 0.629 bits per heavy atom. The second-order valence-corrected chi connectivity index (χ2v) is 20.3. The lowest BCUT2D eigenvalue weighted by molar-refractivity contribution is -0.446.